The van der Waals surface area contributed by atoms with Gasteiger partial charge in [0.1, 0.15) is 5.69 Å². The van der Waals surface area contributed by atoms with Crippen LogP contribution in [0.2, 0.25) is 0 Å². The molecule has 19 heavy (non-hydrogen) atoms. The summed E-state index contributed by atoms with van der Waals surface area (Å²) in [6.45, 7) is 5.44. The maximum absolute atomic E-state index is 8.70. The van der Waals surface area contributed by atoms with Gasteiger partial charge in [-0.2, -0.15) is 0 Å². The fourth-order valence-corrected chi connectivity index (χ4v) is 2.76. The first kappa shape index (κ1) is 13.8. The zero-order valence-electron chi connectivity index (χ0n) is 11.6. The SMILES string of the molecule is C[C@@H]1CCC[C@H](C)N1Cc1ccnc(/C(N)=N/O)c1. The van der Waals surface area contributed by atoms with Gasteiger partial charge in [-0.15, -0.1) is 0 Å². The Morgan fingerprint density at radius 3 is 2.79 bits per heavy atom. The predicted octanol–water partition coefficient (Wildman–Crippen LogP) is 1.94. The minimum absolute atomic E-state index is 0.0570. The Hall–Kier alpha value is -1.62. The van der Waals surface area contributed by atoms with Crippen LogP contribution in [0.4, 0.5) is 0 Å². The Balaban J connectivity index is 2.14. The second-order valence-electron chi connectivity index (χ2n) is 5.34. The molecule has 0 aromatic carbocycles. The lowest BCUT2D eigenvalue weighted by Crippen LogP contribution is -2.43. The minimum atomic E-state index is 0.0570. The molecule has 1 aromatic rings. The van der Waals surface area contributed by atoms with E-state index in [2.05, 4.69) is 28.9 Å². The number of hydrogen-bond acceptors (Lipinski definition) is 4. The highest BCUT2D eigenvalue weighted by Crippen LogP contribution is 2.24. The third kappa shape index (κ3) is 3.23. The lowest BCUT2D eigenvalue weighted by atomic mass is 9.97. The average molecular weight is 262 g/mol. The van der Waals surface area contributed by atoms with Gasteiger partial charge in [0.2, 0.25) is 0 Å². The molecule has 2 atom stereocenters. The molecule has 0 radical (unpaired) electrons. The molecule has 1 fully saturated rings. The number of pyridine rings is 1. The minimum Gasteiger partial charge on any atom is -0.409 e. The van der Waals surface area contributed by atoms with Crippen molar-refractivity contribution in [1.82, 2.24) is 9.88 Å². The Labute approximate surface area is 114 Å². The molecule has 0 amide bonds. The van der Waals surface area contributed by atoms with Gasteiger partial charge in [0.15, 0.2) is 5.84 Å². The van der Waals surface area contributed by atoms with Crippen molar-refractivity contribution in [1.29, 1.82) is 0 Å². The molecular formula is C14H22N4O. The van der Waals surface area contributed by atoms with E-state index in [1.165, 1.54) is 19.3 Å². The molecule has 5 heteroatoms. The normalized spacial score (nSPS) is 25.5. The quantitative estimate of drug-likeness (QED) is 0.378. The molecule has 2 heterocycles. The zero-order chi connectivity index (χ0) is 13.8. The average Bonchev–Trinajstić information content (AvgIpc) is 2.42. The molecule has 0 bridgehead atoms. The summed E-state index contributed by atoms with van der Waals surface area (Å²) in [6.07, 6.45) is 5.53. The standard InChI is InChI=1S/C14H22N4O/c1-10-4-3-5-11(2)18(10)9-12-6-7-16-13(8-12)14(15)17-19/h6-8,10-11,19H,3-5,9H2,1-2H3,(H2,15,17)/t10-,11+. The molecule has 0 aliphatic carbocycles. The molecular weight excluding hydrogens is 240 g/mol. The second-order valence-corrected chi connectivity index (χ2v) is 5.34. The smallest absolute Gasteiger partial charge is 0.188 e. The molecule has 1 aromatic heterocycles. The van der Waals surface area contributed by atoms with Gasteiger partial charge in [-0.05, 0) is 44.4 Å². The number of nitrogens with zero attached hydrogens (tertiary/aromatic N) is 3. The van der Waals surface area contributed by atoms with Crippen LogP contribution < -0.4 is 5.73 Å². The number of amidine groups is 1. The lowest BCUT2D eigenvalue weighted by molar-refractivity contribution is 0.0952. The Kier molecular flexibility index (Phi) is 4.37. The Morgan fingerprint density at radius 2 is 2.16 bits per heavy atom. The summed E-state index contributed by atoms with van der Waals surface area (Å²) < 4.78 is 0. The van der Waals surface area contributed by atoms with Gasteiger partial charge in [0, 0.05) is 24.8 Å². The van der Waals surface area contributed by atoms with Gasteiger partial charge >= 0.3 is 0 Å². The van der Waals surface area contributed by atoms with Crippen molar-refractivity contribution in [2.45, 2.75) is 51.7 Å². The molecule has 104 valence electrons. The van der Waals surface area contributed by atoms with Crippen LogP contribution in [0.5, 0.6) is 0 Å². The van der Waals surface area contributed by atoms with Crippen molar-refractivity contribution in [3.8, 4) is 0 Å². The largest absolute Gasteiger partial charge is 0.409 e. The van der Waals surface area contributed by atoms with E-state index in [1.807, 2.05) is 12.1 Å². The van der Waals surface area contributed by atoms with E-state index < -0.39 is 0 Å². The van der Waals surface area contributed by atoms with Crippen LogP contribution in [-0.4, -0.2) is 33.0 Å². The number of piperidine rings is 1. The van der Waals surface area contributed by atoms with E-state index in [0.29, 0.717) is 17.8 Å². The van der Waals surface area contributed by atoms with Gasteiger partial charge in [-0.1, -0.05) is 11.6 Å². The molecule has 1 aliphatic rings. The van der Waals surface area contributed by atoms with Gasteiger partial charge in [-0.25, -0.2) is 0 Å². The van der Waals surface area contributed by atoms with Crippen LogP contribution >= 0.6 is 0 Å². The molecule has 1 aliphatic heterocycles. The highest BCUT2D eigenvalue weighted by Gasteiger charge is 2.24. The Bertz CT molecular complexity index is 451. The second kappa shape index (κ2) is 6.02. The third-order valence-electron chi connectivity index (χ3n) is 3.94. The van der Waals surface area contributed by atoms with E-state index >= 15 is 0 Å². The van der Waals surface area contributed by atoms with Crippen molar-refractivity contribution in [3.05, 3.63) is 29.6 Å². The van der Waals surface area contributed by atoms with Crippen LogP contribution in [0, 0.1) is 0 Å². The Morgan fingerprint density at radius 1 is 1.47 bits per heavy atom. The molecule has 0 spiro atoms. The maximum Gasteiger partial charge on any atom is 0.188 e. The fraction of sp³-hybridized carbons (Fsp3) is 0.571. The van der Waals surface area contributed by atoms with Crippen LogP contribution in [0.1, 0.15) is 44.4 Å². The van der Waals surface area contributed by atoms with E-state index in [0.717, 1.165) is 12.1 Å². The molecule has 3 N–H and O–H groups in total. The van der Waals surface area contributed by atoms with E-state index in [1.54, 1.807) is 6.20 Å². The summed E-state index contributed by atoms with van der Waals surface area (Å²) in [6, 6.07) is 5.08. The van der Waals surface area contributed by atoms with Crippen LogP contribution in [-0.2, 0) is 6.54 Å². The van der Waals surface area contributed by atoms with Crippen molar-refractivity contribution in [2.24, 2.45) is 10.9 Å². The number of likely N-dealkylation sites (tertiary alicyclic amines) is 1. The summed E-state index contributed by atoms with van der Waals surface area (Å²) in [7, 11) is 0. The van der Waals surface area contributed by atoms with E-state index in [9.17, 15) is 0 Å². The summed E-state index contributed by atoms with van der Waals surface area (Å²) in [4.78, 5) is 6.62. The highest BCUT2D eigenvalue weighted by molar-refractivity contribution is 5.95. The van der Waals surface area contributed by atoms with Gasteiger partial charge < -0.3 is 10.9 Å². The van der Waals surface area contributed by atoms with Crippen LogP contribution in [0.25, 0.3) is 0 Å². The summed E-state index contributed by atoms with van der Waals surface area (Å²) in [5, 5.41) is 11.7. The van der Waals surface area contributed by atoms with Crippen molar-refractivity contribution in [2.75, 3.05) is 0 Å². The van der Waals surface area contributed by atoms with E-state index in [-0.39, 0.29) is 5.84 Å². The molecule has 5 nitrogen and oxygen atoms in total. The summed E-state index contributed by atoms with van der Waals surface area (Å²) >= 11 is 0. The predicted molar refractivity (Wildman–Crippen MR) is 75.1 cm³/mol. The number of oxime groups is 1. The fourth-order valence-electron chi connectivity index (χ4n) is 2.76. The molecule has 0 unspecified atom stereocenters. The van der Waals surface area contributed by atoms with Gasteiger partial charge in [-0.3, -0.25) is 9.88 Å². The molecule has 1 saturated heterocycles. The molecule has 2 rings (SSSR count). The first-order chi connectivity index (χ1) is 9.11. The number of nitrogens with two attached hydrogens (primary N) is 1. The third-order valence-corrected chi connectivity index (χ3v) is 3.94. The number of rotatable bonds is 3. The first-order valence-electron chi connectivity index (χ1n) is 6.80. The van der Waals surface area contributed by atoms with Crippen molar-refractivity contribution < 1.29 is 5.21 Å². The topological polar surface area (TPSA) is 74.7 Å². The highest BCUT2D eigenvalue weighted by atomic mass is 16.4. The van der Waals surface area contributed by atoms with Crippen molar-refractivity contribution in [3.63, 3.8) is 0 Å². The van der Waals surface area contributed by atoms with Crippen LogP contribution in [0.15, 0.2) is 23.5 Å². The zero-order valence-corrected chi connectivity index (χ0v) is 11.6. The first-order valence-corrected chi connectivity index (χ1v) is 6.80. The monoisotopic (exact) mass is 262 g/mol. The summed E-state index contributed by atoms with van der Waals surface area (Å²) in [5.41, 5.74) is 7.25. The van der Waals surface area contributed by atoms with Crippen molar-refractivity contribution >= 4 is 5.84 Å². The van der Waals surface area contributed by atoms with Gasteiger partial charge in [0.05, 0.1) is 0 Å². The van der Waals surface area contributed by atoms with E-state index in [4.69, 9.17) is 10.9 Å². The lowest BCUT2D eigenvalue weighted by Gasteiger charge is -2.39. The van der Waals surface area contributed by atoms with Crippen LogP contribution in [0.3, 0.4) is 0 Å². The number of hydrogen-bond donors (Lipinski definition) is 2. The molecule has 0 saturated carbocycles. The summed E-state index contributed by atoms with van der Waals surface area (Å²) in [5.74, 6) is 0.0570. The maximum atomic E-state index is 8.70. The van der Waals surface area contributed by atoms with Gasteiger partial charge in [0.25, 0.3) is 0 Å². The number of aromatic nitrogens is 1.